The van der Waals surface area contributed by atoms with Crippen LogP contribution in [0.15, 0.2) is 50.8 Å². The largest absolute Gasteiger partial charge is 0.466 e. The number of piperidine rings is 3. The highest BCUT2D eigenvalue weighted by molar-refractivity contribution is 6.39. The van der Waals surface area contributed by atoms with Crippen LogP contribution in [0.4, 0.5) is 14.4 Å². The Morgan fingerprint density at radius 1 is 0.393 bits per heavy atom. The highest BCUT2D eigenvalue weighted by Crippen LogP contribution is 2.67. The summed E-state index contributed by atoms with van der Waals surface area (Å²) in [6, 6.07) is -6.42. The zero-order valence-electron chi connectivity index (χ0n) is 85.0. The summed E-state index contributed by atoms with van der Waals surface area (Å²) in [6.07, 6.45) is 21.7. The third kappa shape index (κ3) is 25.7. The van der Waals surface area contributed by atoms with Gasteiger partial charge in [-0.15, -0.1) is 0 Å². The molecule has 9 saturated carbocycles. The summed E-state index contributed by atoms with van der Waals surface area (Å²) in [6.45, 7) is 34.9. The number of primary amides is 3. The van der Waals surface area contributed by atoms with E-state index in [-0.39, 0.29) is 112 Å². The van der Waals surface area contributed by atoms with Crippen molar-refractivity contribution in [3.8, 4) is 0 Å². The van der Waals surface area contributed by atoms with Crippen molar-refractivity contribution in [1.29, 1.82) is 0 Å². The molecule has 16 N–H and O–H groups in total. The van der Waals surface area contributed by atoms with Crippen molar-refractivity contribution < 1.29 is 105 Å². The van der Waals surface area contributed by atoms with Crippen molar-refractivity contribution in [2.24, 2.45) is 131 Å². The molecule has 0 bridgehead atoms. The van der Waals surface area contributed by atoms with E-state index in [0.29, 0.717) is 56.1 Å². The third-order valence-electron chi connectivity index (χ3n) is 32.1. The maximum atomic E-state index is 14.5. The number of ketones is 3. The van der Waals surface area contributed by atoms with Gasteiger partial charge in [-0.3, -0.25) is 57.5 Å². The molecular formula is C102H154N16O22. The topological polar surface area (TPSA) is 564 Å². The Balaban J connectivity index is 0.000000188. The van der Waals surface area contributed by atoms with Crippen molar-refractivity contribution in [2.75, 3.05) is 19.6 Å². The summed E-state index contributed by atoms with van der Waals surface area (Å²) in [4.78, 5) is 230. The van der Waals surface area contributed by atoms with Gasteiger partial charge in [-0.25, -0.2) is 24.0 Å². The lowest BCUT2D eigenvalue weighted by atomic mass is 9.80. The van der Waals surface area contributed by atoms with Crippen LogP contribution in [0.1, 0.15) is 277 Å². The van der Waals surface area contributed by atoms with E-state index >= 15 is 0 Å². The molecule has 38 nitrogen and oxygen atoms in total. The average molecular weight is 1960 g/mol. The molecule has 3 aliphatic heterocycles. The van der Waals surface area contributed by atoms with E-state index in [9.17, 15) is 86.7 Å². The molecule has 12 fully saturated rings. The van der Waals surface area contributed by atoms with Crippen molar-refractivity contribution >= 4 is 106 Å². The second-order valence-corrected chi connectivity index (χ2v) is 47.9. The number of amides is 15. The van der Waals surface area contributed by atoms with Crippen LogP contribution in [-0.4, -0.2) is 218 Å². The lowest BCUT2D eigenvalue weighted by Crippen LogP contribution is -2.62. The van der Waals surface area contributed by atoms with Gasteiger partial charge in [-0.1, -0.05) is 213 Å². The molecule has 3 unspecified atom stereocenters. The van der Waals surface area contributed by atoms with Crippen molar-refractivity contribution in [2.45, 2.75) is 352 Å². The fourth-order valence-corrected chi connectivity index (χ4v) is 22.6. The Hall–Kier alpha value is -11.0. The van der Waals surface area contributed by atoms with Gasteiger partial charge in [0.1, 0.15) is 73.1 Å². The van der Waals surface area contributed by atoms with Crippen LogP contribution >= 0.6 is 0 Å². The second-order valence-electron chi connectivity index (χ2n) is 47.9. The Kier molecular flexibility index (Phi) is 33.2. The third-order valence-corrected chi connectivity index (χ3v) is 32.1. The van der Waals surface area contributed by atoms with Gasteiger partial charge >= 0.3 is 30.0 Å². The summed E-state index contributed by atoms with van der Waals surface area (Å²) >= 11 is 0. The van der Waals surface area contributed by atoms with Crippen LogP contribution in [0, 0.1) is 109 Å². The van der Waals surface area contributed by atoms with Crippen molar-refractivity contribution in [3.05, 3.63) is 48.3 Å². The van der Waals surface area contributed by atoms with Gasteiger partial charge < -0.3 is 103 Å². The number of Topliss-reactive ketones (excluding diaryl/α,β-unsaturated/α-hetero) is 3. The number of fused-ring (bicyclic) bond motifs is 3. The molecule has 774 valence electrons. The van der Waals surface area contributed by atoms with Crippen LogP contribution in [0.25, 0.3) is 0 Å². The van der Waals surface area contributed by atoms with Crippen LogP contribution < -0.4 is 65.1 Å². The van der Waals surface area contributed by atoms with Crippen molar-refractivity contribution in [1.82, 2.24) is 62.6 Å². The number of hydrogen-bond acceptors (Lipinski definition) is 23. The van der Waals surface area contributed by atoms with Gasteiger partial charge in [0.15, 0.2) is 0 Å². The molecule has 2 aromatic heterocycles. The molecule has 38 heteroatoms. The molecule has 5 heterocycles. The highest BCUT2D eigenvalue weighted by Gasteiger charge is 2.73. The minimum Gasteiger partial charge on any atom is -0.466 e. The number of nitrogens with zero attached hydrogens (tertiary/aromatic N) is 4. The number of esters is 2. The zero-order chi connectivity index (χ0) is 103. The number of urea groups is 3. The molecule has 0 radical (unpaired) electrons. The number of nitrogens with two attached hydrogens (primary N) is 3. The average Bonchev–Trinajstić information content (AvgIpc) is 1.53. The standard InChI is InChI=1S/C36H53N5O8.C33H52N6O6.C33H49N5O8/c1-35(2,3)29(33(46)49-19-22-15-10-16-48-22)40-34(47)39-26(21-13-7-6-8-14-21)32(45)41-18-23-25(36(23,4)5)27(41)31(44)38-24(28(42)30(37)43)17-20-11-9-12-20;1-32(2,3)27(37-31(44)36-23(18-9-7-6-8-10-18)24(38-45)19-13-14-19)30(43)39-16-20-22(33(20,4)5)25(39)29(42)35-21(15-17-11-12-17)26(40)28(34)41;1-31(2,3)24(36-30(44)37-25(32(4,5)6)29(43)46-16-18-10-9-13-45-18)28(42)38-15-19-21(33(19,7)8)22(38)27(41)35-20(14-17-11-12-17)23(39)26(34)40/h10,15-16,20-21,23-27,29H,6-9,11-14,17-19H2,1-5H3,(H2,37,43)(H,38,44)(H2,39,40,47);17-23,25,27,45H,6-16H2,1-5H3,(H2,34,41)(H,35,42)(H2,36,37,44);9-10,13,17,19-22,24-25H,11-12,14-16H2,1-8H3,(H2,34,40)(H,35,41)(H2,36,37,44)/b;38-24+;/t23-,24?,25-,26-,27-,29+;20-,21?,22-,23-,25-,27+;19-,20?,21-,22-,24+,25+/m000/s1. The van der Waals surface area contributed by atoms with E-state index in [4.69, 9.17) is 35.5 Å². The first kappa shape index (κ1) is 108. The first-order chi connectivity index (χ1) is 65.5. The Morgan fingerprint density at radius 2 is 0.693 bits per heavy atom. The Labute approximate surface area is 820 Å². The van der Waals surface area contributed by atoms with E-state index in [1.165, 1.54) is 17.4 Å². The number of oxime groups is 1. The molecule has 140 heavy (non-hydrogen) atoms. The minimum absolute atomic E-state index is 0.0459. The predicted molar refractivity (Wildman–Crippen MR) is 511 cm³/mol. The van der Waals surface area contributed by atoms with Crippen LogP contribution in [-0.2, 0) is 89.8 Å². The predicted octanol–water partition coefficient (Wildman–Crippen LogP) is 8.18. The highest BCUT2D eigenvalue weighted by atomic mass is 16.5. The maximum absolute atomic E-state index is 14.5. The van der Waals surface area contributed by atoms with E-state index in [2.05, 4.69) is 80.7 Å². The van der Waals surface area contributed by atoms with Gasteiger partial charge in [-0.05, 0) is 185 Å². The number of likely N-dealkylation sites (tertiary alicyclic amines) is 3. The molecule has 15 amide bonds. The molecule has 9 aliphatic carbocycles. The van der Waals surface area contributed by atoms with Gasteiger partial charge in [0, 0.05) is 25.6 Å². The molecule has 0 spiro atoms. The fraction of sp³-hybridized carbons (Fsp3) is 0.745. The molecule has 3 saturated heterocycles. The number of rotatable bonds is 37. The van der Waals surface area contributed by atoms with Crippen LogP contribution in [0.2, 0.25) is 0 Å². The molecular weight excluding hydrogens is 1800 g/mol. The number of nitrogens with one attached hydrogen (secondary N) is 9. The SMILES string of the molecule is CC(C)(C)[C@H](NC(=O)N[C@H](/C(=N/O)C1CC1)C1CCCCC1)C(=O)N1C[C@H]2[C@@H]([C@H]1C(=O)NC(CC1CC1)C(=O)C(N)=O)C2(C)C.CC(C)(C)[C@H](NC(=O)N[C@H](C(=O)N1C[C@H]2[C@@H]([C@H]1C(=O)NC(CC1CC1)C(=O)C(N)=O)C2(C)C)C(C)(C)C)C(=O)OCc1ccco1.CC(C)(C)[C@H](NC(=O)N[C@H](C(=O)N1C[C@H]2[C@@H]([C@H]1C(=O)NC(CC1CCC1)C(=O)C(N)=O)C2(C)C)C1CCCCC1)C(=O)OCc1ccco1. The maximum Gasteiger partial charge on any atom is 0.329 e. The lowest BCUT2D eigenvalue weighted by Gasteiger charge is -2.38. The quantitative estimate of drug-likeness (QED) is 0.00996. The number of carbonyl (C=O) groups excluding carboxylic acids is 17. The minimum atomic E-state index is -1.11. The summed E-state index contributed by atoms with van der Waals surface area (Å²) in [5, 5.41) is 39.0. The lowest BCUT2D eigenvalue weighted by molar-refractivity contribution is -0.151. The molecule has 0 aromatic carbocycles. The number of ether oxygens (including phenoxy) is 2. The number of hydrogen-bond donors (Lipinski definition) is 13. The Morgan fingerprint density at radius 3 is 0.971 bits per heavy atom. The molecule has 2 aromatic rings. The first-order valence-corrected chi connectivity index (χ1v) is 50.6. The molecule has 18 atom stereocenters. The van der Waals surface area contributed by atoms with Gasteiger partial charge in [0.05, 0.1) is 42.4 Å². The normalized spacial score (nSPS) is 25.7. The van der Waals surface area contributed by atoms with Gasteiger partial charge in [0.25, 0.3) is 17.7 Å². The van der Waals surface area contributed by atoms with Crippen molar-refractivity contribution in [3.63, 3.8) is 0 Å². The van der Waals surface area contributed by atoms with Crippen LogP contribution in [0.5, 0.6) is 0 Å². The van der Waals surface area contributed by atoms with Gasteiger partial charge in [0.2, 0.25) is 52.8 Å². The van der Waals surface area contributed by atoms with E-state index in [1.807, 2.05) is 34.6 Å². The molecule has 14 rings (SSSR count). The fourth-order valence-electron chi connectivity index (χ4n) is 22.6. The van der Waals surface area contributed by atoms with Gasteiger partial charge in [-0.2, -0.15) is 0 Å². The summed E-state index contributed by atoms with van der Waals surface area (Å²) < 4.78 is 21.3. The molecule has 12 aliphatic rings. The number of carbonyl (C=O) groups is 17. The smallest absolute Gasteiger partial charge is 0.329 e. The van der Waals surface area contributed by atoms with E-state index in [0.717, 1.165) is 122 Å². The van der Waals surface area contributed by atoms with E-state index in [1.54, 1.807) is 96.4 Å². The first-order valence-electron chi connectivity index (χ1n) is 50.6. The summed E-state index contributed by atoms with van der Waals surface area (Å²) in [5.41, 5.74) is 13.1. The monoisotopic (exact) mass is 1960 g/mol. The zero-order valence-corrected chi connectivity index (χ0v) is 85.0. The van der Waals surface area contributed by atoms with Crippen LogP contribution in [0.3, 0.4) is 0 Å². The van der Waals surface area contributed by atoms with E-state index < -0.39 is 183 Å². The summed E-state index contributed by atoms with van der Waals surface area (Å²) in [5.74, 6) is -8.21. The second kappa shape index (κ2) is 43.1. The number of furan rings is 2. The summed E-state index contributed by atoms with van der Waals surface area (Å²) in [7, 11) is 0. The Bertz CT molecular complexity index is 4950.